The van der Waals surface area contributed by atoms with Crippen LogP contribution < -0.4 is 10.0 Å². The van der Waals surface area contributed by atoms with Crippen LogP contribution >= 0.6 is 11.3 Å². The van der Waals surface area contributed by atoms with Gasteiger partial charge in [0.15, 0.2) is 5.13 Å². The fourth-order valence-electron chi connectivity index (χ4n) is 2.22. The summed E-state index contributed by atoms with van der Waals surface area (Å²) in [7, 11) is -3.73. The number of phenols is 1. The van der Waals surface area contributed by atoms with Gasteiger partial charge in [-0.05, 0) is 30.3 Å². The monoisotopic (exact) mass is 406 g/mol. The second kappa shape index (κ2) is 7.60. The van der Waals surface area contributed by atoms with E-state index in [0.29, 0.717) is 11.3 Å². The summed E-state index contributed by atoms with van der Waals surface area (Å²) in [6, 6.07) is 9.72. The third-order valence-electron chi connectivity index (χ3n) is 3.58. The fourth-order valence-corrected chi connectivity index (χ4v) is 4.01. The molecule has 0 bridgehead atoms. The number of aromatic nitrogens is 1. The van der Waals surface area contributed by atoms with Crippen LogP contribution in [0.1, 0.15) is 5.56 Å². The van der Waals surface area contributed by atoms with Crippen LogP contribution in [0, 0.1) is 10.1 Å². The maximum atomic E-state index is 12.3. The molecule has 9 nitrogen and oxygen atoms in total. The molecule has 27 heavy (non-hydrogen) atoms. The minimum atomic E-state index is -3.73. The molecule has 0 aliphatic rings. The number of benzene rings is 2. The van der Waals surface area contributed by atoms with E-state index in [1.165, 1.54) is 47.9 Å². The highest BCUT2D eigenvalue weighted by atomic mass is 32.2. The van der Waals surface area contributed by atoms with Gasteiger partial charge in [-0.1, -0.05) is 0 Å². The number of sulfonamides is 1. The zero-order valence-corrected chi connectivity index (χ0v) is 15.3. The Labute approximate surface area is 158 Å². The number of nitrogens with zero attached hydrogens (tertiary/aromatic N) is 2. The minimum Gasteiger partial charge on any atom is -0.508 e. The molecule has 3 rings (SSSR count). The number of aromatic hydroxyl groups is 1. The van der Waals surface area contributed by atoms with Crippen LogP contribution in [0.5, 0.6) is 5.75 Å². The van der Waals surface area contributed by atoms with E-state index in [2.05, 4.69) is 15.0 Å². The van der Waals surface area contributed by atoms with Crippen LogP contribution in [-0.4, -0.2) is 23.4 Å². The normalized spacial score (nSPS) is 11.1. The quantitative estimate of drug-likeness (QED) is 0.405. The topological polar surface area (TPSA) is 134 Å². The van der Waals surface area contributed by atoms with Crippen molar-refractivity contribution in [1.29, 1.82) is 0 Å². The van der Waals surface area contributed by atoms with Crippen molar-refractivity contribution >= 4 is 37.9 Å². The molecule has 2 aromatic carbocycles. The van der Waals surface area contributed by atoms with Crippen LogP contribution in [0.2, 0.25) is 0 Å². The van der Waals surface area contributed by atoms with Gasteiger partial charge in [0.1, 0.15) is 5.75 Å². The summed E-state index contributed by atoms with van der Waals surface area (Å²) < 4.78 is 26.9. The number of phenolic OH excluding ortho intramolecular Hbond substituents is 1. The maximum Gasteiger partial charge on any atom is 0.270 e. The molecule has 0 aliphatic heterocycles. The van der Waals surface area contributed by atoms with Gasteiger partial charge in [-0.25, -0.2) is 13.4 Å². The minimum absolute atomic E-state index is 0.0695. The average Bonchev–Trinajstić information content (AvgIpc) is 3.13. The number of nitro benzene ring substituents is 1. The first kappa shape index (κ1) is 18.6. The number of anilines is 2. The molecule has 0 aliphatic carbocycles. The van der Waals surface area contributed by atoms with E-state index in [1.807, 2.05) is 0 Å². The number of non-ortho nitro benzene ring substituents is 1. The molecule has 1 aromatic heterocycles. The van der Waals surface area contributed by atoms with E-state index in [-0.39, 0.29) is 28.0 Å². The second-order valence-electron chi connectivity index (χ2n) is 5.39. The Balaban J connectivity index is 1.69. The van der Waals surface area contributed by atoms with Crippen molar-refractivity contribution in [2.45, 2.75) is 11.4 Å². The van der Waals surface area contributed by atoms with Gasteiger partial charge in [-0.3, -0.25) is 14.8 Å². The van der Waals surface area contributed by atoms with Gasteiger partial charge in [0.05, 0.1) is 9.82 Å². The van der Waals surface area contributed by atoms with Gasteiger partial charge in [0, 0.05) is 41.5 Å². The van der Waals surface area contributed by atoms with Gasteiger partial charge in [0.25, 0.3) is 15.7 Å². The Bertz CT molecular complexity index is 1050. The molecule has 0 spiro atoms. The van der Waals surface area contributed by atoms with Crippen molar-refractivity contribution in [3.05, 3.63) is 69.7 Å². The molecule has 0 saturated carbocycles. The number of nitrogens with one attached hydrogen (secondary N) is 2. The molecule has 0 radical (unpaired) electrons. The summed E-state index contributed by atoms with van der Waals surface area (Å²) in [5, 5.41) is 25.6. The van der Waals surface area contributed by atoms with Crippen LogP contribution in [0.15, 0.2) is 58.9 Å². The maximum absolute atomic E-state index is 12.3. The fraction of sp³-hybridized carbons (Fsp3) is 0.0625. The lowest BCUT2D eigenvalue weighted by Gasteiger charge is -2.10. The first-order valence-corrected chi connectivity index (χ1v) is 9.94. The molecule has 3 N–H and O–H groups in total. The van der Waals surface area contributed by atoms with E-state index in [4.69, 9.17) is 0 Å². The van der Waals surface area contributed by atoms with Crippen LogP contribution in [-0.2, 0) is 16.6 Å². The van der Waals surface area contributed by atoms with Crippen molar-refractivity contribution in [2.24, 2.45) is 0 Å². The van der Waals surface area contributed by atoms with Gasteiger partial charge in [-0.15, -0.1) is 11.3 Å². The van der Waals surface area contributed by atoms with Crippen LogP contribution in [0.25, 0.3) is 0 Å². The zero-order chi connectivity index (χ0) is 19.4. The highest BCUT2D eigenvalue weighted by molar-refractivity contribution is 7.93. The predicted molar refractivity (Wildman–Crippen MR) is 101 cm³/mol. The van der Waals surface area contributed by atoms with E-state index in [9.17, 15) is 23.6 Å². The molecular weight excluding hydrogens is 392 g/mol. The smallest absolute Gasteiger partial charge is 0.270 e. The number of thiazole rings is 1. The first-order chi connectivity index (χ1) is 12.8. The van der Waals surface area contributed by atoms with Crippen LogP contribution in [0.4, 0.5) is 16.5 Å². The van der Waals surface area contributed by atoms with E-state index >= 15 is 0 Å². The number of rotatable bonds is 7. The summed E-state index contributed by atoms with van der Waals surface area (Å²) in [6.45, 7) is 0.136. The molecule has 0 fully saturated rings. The van der Waals surface area contributed by atoms with Gasteiger partial charge < -0.3 is 10.4 Å². The summed E-state index contributed by atoms with van der Waals surface area (Å²) in [5.74, 6) is -0.0695. The first-order valence-electron chi connectivity index (χ1n) is 7.58. The van der Waals surface area contributed by atoms with Gasteiger partial charge in [0.2, 0.25) is 0 Å². The summed E-state index contributed by atoms with van der Waals surface area (Å²) >= 11 is 1.17. The number of nitro groups is 1. The van der Waals surface area contributed by atoms with E-state index < -0.39 is 14.9 Å². The Morgan fingerprint density at radius 1 is 1.19 bits per heavy atom. The highest BCUT2D eigenvalue weighted by Gasteiger charge is 2.15. The standard InChI is InChI=1S/C16H14N4O5S2/c21-15-6-3-13(20(22)23)9-11(15)10-18-12-1-4-14(5-2-12)27(24,25)19-16-17-7-8-26-16/h1-9,18,21H,10H2,(H,17,19). The molecule has 3 aromatic rings. The largest absolute Gasteiger partial charge is 0.508 e. The SMILES string of the molecule is O=[N+]([O-])c1ccc(O)c(CNc2ccc(S(=O)(=O)Nc3nccs3)cc2)c1. The van der Waals surface area contributed by atoms with Crippen molar-refractivity contribution in [3.63, 3.8) is 0 Å². The number of hydrogen-bond donors (Lipinski definition) is 3. The summed E-state index contributed by atoms with van der Waals surface area (Å²) in [6.07, 6.45) is 1.50. The molecule has 0 saturated heterocycles. The lowest BCUT2D eigenvalue weighted by atomic mass is 10.1. The summed E-state index contributed by atoms with van der Waals surface area (Å²) in [4.78, 5) is 14.2. The Morgan fingerprint density at radius 2 is 1.93 bits per heavy atom. The molecule has 0 atom stereocenters. The highest BCUT2D eigenvalue weighted by Crippen LogP contribution is 2.24. The Morgan fingerprint density at radius 3 is 2.56 bits per heavy atom. The lowest BCUT2D eigenvalue weighted by Crippen LogP contribution is -2.12. The van der Waals surface area contributed by atoms with Gasteiger partial charge >= 0.3 is 0 Å². The molecule has 0 amide bonds. The predicted octanol–water partition coefficient (Wildman–Crippen LogP) is 3.17. The van der Waals surface area contributed by atoms with Crippen molar-refractivity contribution in [2.75, 3.05) is 10.0 Å². The van der Waals surface area contributed by atoms with Gasteiger partial charge in [-0.2, -0.15) is 0 Å². The molecule has 0 unspecified atom stereocenters. The van der Waals surface area contributed by atoms with E-state index in [0.717, 1.165) is 0 Å². The second-order valence-corrected chi connectivity index (χ2v) is 7.97. The average molecular weight is 406 g/mol. The third kappa shape index (κ3) is 4.51. The molecular formula is C16H14N4O5S2. The molecule has 11 heteroatoms. The number of hydrogen-bond acceptors (Lipinski definition) is 8. The van der Waals surface area contributed by atoms with Crippen LogP contribution in [0.3, 0.4) is 0 Å². The van der Waals surface area contributed by atoms with Crippen molar-refractivity contribution in [3.8, 4) is 5.75 Å². The van der Waals surface area contributed by atoms with Crippen molar-refractivity contribution < 1.29 is 18.4 Å². The van der Waals surface area contributed by atoms with E-state index in [1.54, 1.807) is 17.5 Å². The molecule has 140 valence electrons. The third-order valence-corrected chi connectivity index (χ3v) is 5.75. The Kier molecular flexibility index (Phi) is 5.23. The van der Waals surface area contributed by atoms with Crippen molar-refractivity contribution in [1.82, 2.24) is 4.98 Å². The lowest BCUT2D eigenvalue weighted by molar-refractivity contribution is -0.384. The Hall–Kier alpha value is -3.18. The zero-order valence-electron chi connectivity index (χ0n) is 13.7. The summed E-state index contributed by atoms with van der Waals surface area (Å²) in [5.41, 5.74) is 0.819. The molecule has 1 heterocycles.